The van der Waals surface area contributed by atoms with Gasteiger partial charge in [-0.05, 0) is 42.0 Å². The van der Waals surface area contributed by atoms with Crippen molar-refractivity contribution >= 4 is 5.97 Å². The van der Waals surface area contributed by atoms with Crippen LogP contribution in [0.25, 0.3) is 0 Å². The second-order valence-corrected chi connectivity index (χ2v) is 9.04. The summed E-state index contributed by atoms with van der Waals surface area (Å²) in [4.78, 5) is 13.1. The van der Waals surface area contributed by atoms with Crippen LogP contribution in [0, 0.1) is 5.92 Å². The summed E-state index contributed by atoms with van der Waals surface area (Å²) < 4.78 is 12.2. The van der Waals surface area contributed by atoms with E-state index in [0.717, 1.165) is 22.3 Å². The Morgan fingerprint density at radius 2 is 1.16 bits per heavy atom. The molecule has 4 nitrogen and oxygen atoms in total. The highest BCUT2D eigenvalue weighted by Crippen LogP contribution is 2.41. The van der Waals surface area contributed by atoms with Gasteiger partial charge in [0.2, 0.25) is 0 Å². The molecule has 0 saturated carbocycles. The number of benzene rings is 4. The molecule has 0 heterocycles. The van der Waals surface area contributed by atoms with E-state index in [0.29, 0.717) is 12.8 Å². The number of hydrogen-bond acceptors (Lipinski definition) is 4. The summed E-state index contributed by atoms with van der Waals surface area (Å²) >= 11 is 0. The predicted octanol–water partition coefficient (Wildman–Crippen LogP) is 6.17. The van der Waals surface area contributed by atoms with Crippen LogP contribution in [-0.2, 0) is 26.3 Å². The number of esters is 1. The first-order valence-electron chi connectivity index (χ1n) is 12.8. The molecular weight excluding hydrogens is 460 g/mol. The minimum Gasteiger partial charge on any atom is -0.466 e. The summed E-state index contributed by atoms with van der Waals surface area (Å²) in [5, 5.41) is 11.2. The van der Waals surface area contributed by atoms with Crippen molar-refractivity contribution in [2.75, 3.05) is 13.2 Å². The van der Waals surface area contributed by atoms with Crippen molar-refractivity contribution < 1.29 is 19.4 Å². The van der Waals surface area contributed by atoms with Crippen molar-refractivity contribution in [3.8, 4) is 0 Å². The lowest BCUT2D eigenvalue weighted by atomic mass is 9.80. The lowest BCUT2D eigenvalue weighted by Gasteiger charge is -2.37. The first-order valence-corrected chi connectivity index (χ1v) is 12.8. The van der Waals surface area contributed by atoms with E-state index in [1.165, 1.54) is 0 Å². The van der Waals surface area contributed by atoms with Gasteiger partial charge in [0.25, 0.3) is 0 Å². The largest absolute Gasteiger partial charge is 0.466 e. The Labute approximate surface area is 219 Å². The van der Waals surface area contributed by atoms with E-state index in [9.17, 15) is 9.90 Å². The number of carbonyl (C=O) groups excluding carboxylic acids is 1. The average Bonchev–Trinajstić information content (AvgIpc) is 2.96. The fraction of sp³-hybridized carbons (Fsp3) is 0.242. The Balaban J connectivity index is 1.70. The second-order valence-electron chi connectivity index (χ2n) is 9.04. The highest BCUT2D eigenvalue weighted by atomic mass is 16.5. The smallest absolute Gasteiger partial charge is 0.313 e. The zero-order valence-corrected chi connectivity index (χ0v) is 21.2. The van der Waals surface area contributed by atoms with Crippen LogP contribution in [0.1, 0.15) is 35.6 Å². The van der Waals surface area contributed by atoms with Crippen LogP contribution in [0.15, 0.2) is 121 Å². The Kier molecular flexibility index (Phi) is 9.25. The zero-order chi connectivity index (χ0) is 25.9. The summed E-state index contributed by atoms with van der Waals surface area (Å²) in [6, 6.07) is 40.0. The molecular formula is C33H34O4. The molecule has 0 aliphatic carbocycles. The van der Waals surface area contributed by atoms with E-state index in [-0.39, 0.29) is 13.2 Å². The molecule has 2 atom stereocenters. The van der Waals surface area contributed by atoms with Gasteiger partial charge in [-0.15, -0.1) is 0 Å². The lowest BCUT2D eigenvalue weighted by molar-refractivity contribution is -0.157. The van der Waals surface area contributed by atoms with Gasteiger partial charge in [0.1, 0.15) is 11.5 Å². The monoisotopic (exact) mass is 494 g/mol. The first kappa shape index (κ1) is 26.3. The quantitative estimate of drug-likeness (QED) is 0.189. The minimum atomic E-state index is -0.978. The third kappa shape index (κ3) is 6.34. The summed E-state index contributed by atoms with van der Waals surface area (Å²) in [5.41, 5.74) is 2.95. The van der Waals surface area contributed by atoms with Crippen LogP contribution in [0.3, 0.4) is 0 Å². The molecule has 1 N–H and O–H groups in total. The number of rotatable bonds is 12. The van der Waals surface area contributed by atoms with Gasteiger partial charge in [0, 0.05) is 0 Å². The summed E-state index contributed by atoms with van der Waals surface area (Å²) in [6.45, 7) is 2.00. The van der Waals surface area contributed by atoms with Crippen LogP contribution in [0.2, 0.25) is 0 Å². The number of hydrogen-bond donors (Lipinski definition) is 1. The van der Waals surface area contributed by atoms with E-state index < -0.39 is 23.6 Å². The molecule has 4 aromatic carbocycles. The van der Waals surface area contributed by atoms with E-state index in [2.05, 4.69) is 0 Å². The molecule has 0 aromatic heterocycles. The molecule has 0 amide bonds. The summed E-state index contributed by atoms with van der Waals surface area (Å²) in [7, 11) is 0. The molecule has 37 heavy (non-hydrogen) atoms. The SMILES string of the molecule is CCOC(=O)[C@@H](COC(c1ccccc1)(c1ccccc1)c1ccccc1)[C@@H](O)CCc1ccccc1. The van der Waals surface area contributed by atoms with Crippen LogP contribution >= 0.6 is 0 Å². The Hall–Kier alpha value is -3.73. The predicted molar refractivity (Wildman–Crippen MR) is 146 cm³/mol. The maximum Gasteiger partial charge on any atom is 0.313 e. The van der Waals surface area contributed by atoms with Crippen LogP contribution < -0.4 is 0 Å². The molecule has 4 heteroatoms. The Morgan fingerprint density at radius 1 is 0.730 bits per heavy atom. The van der Waals surface area contributed by atoms with Gasteiger partial charge in [-0.1, -0.05) is 121 Å². The van der Waals surface area contributed by atoms with Crippen LogP contribution in [-0.4, -0.2) is 30.4 Å². The van der Waals surface area contributed by atoms with Crippen molar-refractivity contribution in [2.45, 2.75) is 31.5 Å². The third-order valence-electron chi connectivity index (χ3n) is 6.65. The van der Waals surface area contributed by atoms with Crippen molar-refractivity contribution in [2.24, 2.45) is 5.92 Å². The van der Waals surface area contributed by atoms with Gasteiger partial charge in [-0.3, -0.25) is 4.79 Å². The summed E-state index contributed by atoms with van der Waals surface area (Å²) in [6.07, 6.45) is 0.157. The molecule has 0 fully saturated rings. The van der Waals surface area contributed by atoms with Gasteiger partial charge in [0.05, 0.1) is 19.3 Å². The molecule has 4 rings (SSSR count). The maximum absolute atomic E-state index is 13.1. The van der Waals surface area contributed by atoms with Crippen LogP contribution in [0.4, 0.5) is 0 Å². The van der Waals surface area contributed by atoms with Crippen LogP contribution in [0.5, 0.6) is 0 Å². The number of carbonyl (C=O) groups is 1. The van der Waals surface area contributed by atoms with Crippen molar-refractivity contribution in [1.29, 1.82) is 0 Å². The molecule has 0 saturated heterocycles. The second kappa shape index (κ2) is 13.0. The number of aliphatic hydroxyl groups excluding tert-OH is 1. The maximum atomic E-state index is 13.1. The number of ether oxygens (including phenoxy) is 2. The van der Waals surface area contributed by atoms with Gasteiger partial charge in [0.15, 0.2) is 0 Å². The molecule has 4 aromatic rings. The van der Waals surface area contributed by atoms with Gasteiger partial charge in [-0.2, -0.15) is 0 Å². The van der Waals surface area contributed by atoms with Gasteiger partial charge in [-0.25, -0.2) is 0 Å². The number of aryl methyl sites for hydroxylation is 1. The normalized spacial score (nSPS) is 13.0. The van der Waals surface area contributed by atoms with E-state index in [1.807, 2.05) is 121 Å². The Morgan fingerprint density at radius 3 is 1.59 bits per heavy atom. The van der Waals surface area contributed by atoms with E-state index >= 15 is 0 Å². The molecule has 0 aliphatic rings. The van der Waals surface area contributed by atoms with E-state index in [1.54, 1.807) is 6.92 Å². The van der Waals surface area contributed by atoms with Crippen molar-refractivity contribution in [3.05, 3.63) is 144 Å². The topological polar surface area (TPSA) is 55.8 Å². The molecule has 190 valence electrons. The molecule has 0 aliphatic heterocycles. The standard InChI is InChI=1S/C33H34O4/c1-2-36-32(35)30(31(34)24-23-26-15-7-3-8-16-26)25-37-33(27-17-9-4-10-18-27,28-19-11-5-12-20-28)29-21-13-6-14-22-29/h3-22,30-31,34H,2,23-25H2,1H3/t30-,31-/m0/s1. The van der Waals surface area contributed by atoms with Gasteiger partial charge < -0.3 is 14.6 Å². The lowest BCUT2D eigenvalue weighted by Crippen LogP contribution is -2.40. The Bertz CT molecular complexity index is 1110. The first-order chi connectivity index (χ1) is 18.1. The third-order valence-corrected chi connectivity index (χ3v) is 6.65. The fourth-order valence-corrected chi connectivity index (χ4v) is 4.73. The molecule has 0 spiro atoms. The van der Waals surface area contributed by atoms with Gasteiger partial charge >= 0.3 is 5.97 Å². The van der Waals surface area contributed by atoms with E-state index in [4.69, 9.17) is 9.47 Å². The molecule has 0 bridgehead atoms. The average molecular weight is 495 g/mol. The highest BCUT2D eigenvalue weighted by molar-refractivity contribution is 5.73. The van der Waals surface area contributed by atoms with Crippen molar-refractivity contribution in [1.82, 2.24) is 0 Å². The minimum absolute atomic E-state index is 0.00648. The van der Waals surface area contributed by atoms with Crippen molar-refractivity contribution in [3.63, 3.8) is 0 Å². The fourth-order valence-electron chi connectivity index (χ4n) is 4.73. The molecule has 0 unspecified atom stereocenters. The highest BCUT2D eigenvalue weighted by Gasteiger charge is 2.40. The number of aliphatic hydroxyl groups is 1. The zero-order valence-electron chi connectivity index (χ0n) is 21.2. The summed E-state index contributed by atoms with van der Waals surface area (Å²) in [5.74, 6) is -1.29. The molecule has 0 radical (unpaired) electrons.